The van der Waals surface area contributed by atoms with Crippen molar-refractivity contribution in [3.8, 4) is 0 Å². The second-order valence-corrected chi connectivity index (χ2v) is 4.64. The predicted molar refractivity (Wildman–Crippen MR) is 66.0 cm³/mol. The van der Waals surface area contributed by atoms with Crippen molar-refractivity contribution in [2.75, 3.05) is 6.54 Å². The van der Waals surface area contributed by atoms with Crippen LogP contribution in [-0.4, -0.2) is 23.4 Å². The molecule has 0 saturated heterocycles. The number of hydrogen-bond donors (Lipinski definition) is 2. The Hall–Kier alpha value is -1.47. The number of likely N-dealkylation sites (N-methyl/N-ethyl adjacent to an activating group) is 1. The molecule has 0 aromatic carbocycles. The summed E-state index contributed by atoms with van der Waals surface area (Å²) in [6, 6.07) is 2.86. The van der Waals surface area contributed by atoms with Crippen molar-refractivity contribution in [2.45, 2.75) is 26.4 Å². The van der Waals surface area contributed by atoms with Gasteiger partial charge in [-0.2, -0.15) is 0 Å². The fourth-order valence-corrected chi connectivity index (χ4v) is 2.00. The maximum atomic E-state index is 11.4. The molecule has 1 rings (SSSR count). The van der Waals surface area contributed by atoms with E-state index in [4.69, 9.17) is 0 Å². The van der Waals surface area contributed by atoms with Crippen LogP contribution in [0.3, 0.4) is 0 Å². The summed E-state index contributed by atoms with van der Waals surface area (Å²) in [4.78, 5) is 22.3. The lowest BCUT2D eigenvalue weighted by atomic mass is 10.3. The molecule has 1 amide bonds. The second-order valence-electron chi connectivity index (χ2n) is 3.49. The number of thiophene rings is 1. The first-order valence-corrected chi connectivity index (χ1v) is 6.10. The van der Waals surface area contributed by atoms with E-state index in [1.165, 1.54) is 6.07 Å². The van der Waals surface area contributed by atoms with E-state index < -0.39 is 4.92 Å². The summed E-state index contributed by atoms with van der Waals surface area (Å²) in [5.74, 6) is -0.0708. The van der Waals surface area contributed by atoms with Gasteiger partial charge < -0.3 is 10.6 Å². The Bertz CT molecular complexity index is 405. The molecule has 0 bridgehead atoms. The van der Waals surface area contributed by atoms with Gasteiger partial charge in [0, 0.05) is 24.0 Å². The van der Waals surface area contributed by atoms with Crippen LogP contribution in [-0.2, 0) is 11.3 Å². The Balaban J connectivity index is 2.44. The molecule has 1 atom stereocenters. The SMILES string of the molecule is CCNC(=O)C(C)NCc1ccc([N+](=O)[O-])s1. The average molecular weight is 257 g/mol. The second kappa shape index (κ2) is 6.31. The van der Waals surface area contributed by atoms with Crippen LogP contribution in [0.1, 0.15) is 18.7 Å². The van der Waals surface area contributed by atoms with Gasteiger partial charge in [0.15, 0.2) is 0 Å². The average Bonchev–Trinajstić information content (AvgIpc) is 2.75. The summed E-state index contributed by atoms with van der Waals surface area (Å²) in [6.45, 7) is 4.66. The monoisotopic (exact) mass is 257 g/mol. The van der Waals surface area contributed by atoms with Gasteiger partial charge in [0.1, 0.15) is 0 Å². The third-order valence-electron chi connectivity index (χ3n) is 2.15. The predicted octanol–water partition coefficient (Wildman–Crippen LogP) is 1.27. The Kier molecular flexibility index (Phi) is 5.05. The van der Waals surface area contributed by atoms with Crippen LogP contribution in [0.15, 0.2) is 12.1 Å². The van der Waals surface area contributed by atoms with Gasteiger partial charge in [-0.25, -0.2) is 0 Å². The molecular weight excluding hydrogens is 242 g/mol. The zero-order valence-corrected chi connectivity index (χ0v) is 10.5. The maximum absolute atomic E-state index is 11.4. The fraction of sp³-hybridized carbons (Fsp3) is 0.500. The molecule has 0 aliphatic rings. The number of amides is 1. The van der Waals surface area contributed by atoms with Crippen LogP contribution in [0.2, 0.25) is 0 Å². The lowest BCUT2D eigenvalue weighted by molar-refractivity contribution is -0.380. The minimum Gasteiger partial charge on any atom is -0.355 e. The topological polar surface area (TPSA) is 84.3 Å². The molecule has 0 radical (unpaired) electrons. The van der Waals surface area contributed by atoms with Gasteiger partial charge in [0.25, 0.3) is 0 Å². The highest BCUT2D eigenvalue weighted by atomic mass is 32.1. The summed E-state index contributed by atoms with van der Waals surface area (Å²) in [6.07, 6.45) is 0. The van der Waals surface area contributed by atoms with Gasteiger partial charge in [-0.1, -0.05) is 11.3 Å². The molecular formula is C10H15N3O3S. The number of carbonyl (C=O) groups is 1. The van der Waals surface area contributed by atoms with E-state index >= 15 is 0 Å². The smallest absolute Gasteiger partial charge is 0.324 e. The van der Waals surface area contributed by atoms with Crippen molar-refractivity contribution < 1.29 is 9.72 Å². The molecule has 6 nitrogen and oxygen atoms in total. The quantitative estimate of drug-likeness (QED) is 0.593. The molecule has 0 aliphatic heterocycles. The first kappa shape index (κ1) is 13.6. The van der Waals surface area contributed by atoms with E-state index in [0.717, 1.165) is 16.2 Å². The minimum absolute atomic E-state index is 0.0708. The minimum atomic E-state index is -0.415. The van der Waals surface area contributed by atoms with Gasteiger partial charge >= 0.3 is 5.00 Å². The first-order valence-electron chi connectivity index (χ1n) is 5.28. The fourth-order valence-electron chi connectivity index (χ4n) is 1.23. The third kappa shape index (κ3) is 4.12. The number of rotatable bonds is 6. The zero-order chi connectivity index (χ0) is 12.8. The Morgan fingerprint density at radius 2 is 2.29 bits per heavy atom. The van der Waals surface area contributed by atoms with E-state index in [0.29, 0.717) is 13.1 Å². The van der Waals surface area contributed by atoms with Gasteiger partial charge in [-0.3, -0.25) is 14.9 Å². The van der Waals surface area contributed by atoms with Crippen molar-refractivity contribution >= 4 is 22.2 Å². The Morgan fingerprint density at radius 1 is 1.59 bits per heavy atom. The Morgan fingerprint density at radius 3 is 2.82 bits per heavy atom. The highest BCUT2D eigenvalue weighted by molar-refractivity contribution is 7.15. The summed E-state index contributed by atoms with van der Waals surface area (Å²) in [5.41, 5.74) is 0. The standard InChI is InChI=1S/C10H15N3O3S/c1-3-11-10(14)7(2)12-6-8-4-5-9(17-8)13(15)16/h4-5,7,12H,3,6H2,1-2H3,(H,11,14). The molecule has 1 unspecified atom stereocenters. The number of hydrogen-bond acceptors (Lipinski definition) is 5. The molecule has 2 N–H and O–H groups in total. The maximum Gasteiger partial charge on any atom is 0.324 e. The number of carbonyl (C=O) groups excluding carboxylic acids is 1. The molecule has 1 aromatic rings. The summed E-state index contributed by atoms with van der Waals surface area (Å²) in [7, 11) is 0. The summed E-state index contributed by atoms with van der Waals surface area (Å²) >= 11 is 1.11. The van der Waals surface area contributed by atoms with Gasteiger partial charge in [-0.15, -0.1) is 0 Å². The largest absolute Gasteiger partial charge is 0.355 e. The number of nitro groups is 1. The van der Waals surface area contributed by atoms with E-state index in [-0.39, 0.29) is 17.0 Å². The molecule has 17 heavy (non-hydrogen) atoms. The molecule has 94 valence electrons. The molecule has 0 fully saturated rings. The van der Waals surface area contributed by atoms with Gasteiger partial charge in [0.05, 0.1) is 11.0 Å². The van der Waals surface area contributed by atoms with E-state index in [1.54, 1.807) is 13.0 Å². The normalized spacial score (nSPS) is 12.1. The van der Waals surface area contributed by atoms with Crippen LogP contribution in [0.5, 0.6) is 0 Å². The van der Waals surface area contributed by atoms with Gasteiger partial charge in [0.2, 0.25) is 5.91 Å². The highest BCUT2D eigenvalue weighted by Crippen LogP contribution is 2.23. The van der Waals surface area contributed by atoms with Crippen LogP contribution >= 0.6 is 11.3 Å². The van der Waals surface area contributed by atoms with E-state index in [2.05, 4.69) is 10.6 Å². The van der Waals surface area contributed by atoms with Crippen molar-refractivity contribution in [1.82, 2.24) is 10.6 Å². The lowest BCUT2D eigenvalue weighted by Crippen LogP contribution is -2.41. The number of nitrogens with one attached hydrogen (secondary N) is 2. The van der Waals surface area contributed by atoms with Crippen LogP contribution in [0.4, 0.5) is 5.00 Å². The van der Waals surface area contributed by atoms with Crippen LogP contribution in [0.25, 0.3) is 0 Å². The summed E-state index contributed by atoms with van der Waals surface area (Å²) < 4.78 is 0. The summed E-state index contributed by atoms with van der Waals surface area (Å²) in [5, 5.41) is 16.3. The van der Waals surface area contributed by atoms with Gasteiger partial charge in [-0.05, 0) is 19.9 Å². The van der Waals surface area contributed by atoms with Crippen molar-refractivity contribution in [3.05, 3.63) is 27.1 Å². The molecule has 0 aliphatic carbocycles. The molecule has 1 aromatic heterocycles. The first-order chi connectivity index (χ1) is 8.04. The Labute approximate surface area is 103 Å². The van der Waals surface area contributed by atoms with Crippen molar-refractivity contribution in [1.29, 1.82) is 0 Å². The van der Waals surface area contributed by atoms with E-state index in [1.807, 2.05) is 6.92 Å². The van der Waals surface area contributed by atoms with Crippen molar-refractivity contribution in [2.24, 2.45) is 0 Å². The third-order valence-corrected chi connectivity index (χ3v) is 3.19. The van der Waals surface area contributed by atoms with Crippen LogP contribution in [0, 0.1) is 10.1 Å². The molecule has 7 heteroatoms. The van der Waals surface area contributed by atoms with Crippen molar-refractivity contribution in [3.63, 3.8) is 0 Å². The zero-order valence-electron chi connectivity index (χ0n) is 9.73. The van der Waals surface area contributed by atoms with Crippen LogP contribution < -0.4 is 10.6 Å². The molecule has 1 heterocycles. The lowest BCUT2D eigenvalue weighted by Gasteiger charge is -2.11. The molecule has 0 spiro atoms. The highest BCUT2D eigenvalue weighted by Gasteiger charge is 2.13. The number of nitrogens with zero attached hydrogens (tertiary/aromatic N) is 1. The van der Waals surface area contributed by atoms with E-state index in [9.17, 15) is 14.9 Å². The molecule has 0 saturated carbocycles.